The molecule has 3 aromatic carbocycles. The molecule has 3 rings (SSSR count). The summed E-state index contributed by atoms with van der Waals surface area (Å²) in [5.74, 6) is -0.792. The third-order valence-electron chi connectivity index (χ3n) is 4.30. The zero-order valence-corrected chi connectivity index (χ0v) is 18.4. The van der Waals surface area contributed by atoms with Gasteiger partial charge in [-0.2, -0.15) is 0 Å². The number of halogens is 2. The molecule has 0 aliphatic carbocycles. The Hall–Kier alpha value is -3.03. The minimum absolute atomic E-state index is 0.171. The van der Waals surface area contributed by atoms with Gasteiger partial charge in [-0.3, -0.25) is 9.59 Å². The van der Waals surface area contributed by atoms with Crippen LogP contribution in [0.4, 0.5) is 15.8 Å². The first-order chi connectivity index (χ1) is 14.9. The van der Waals surface area contributed by atoms with Gasteiger partial charge in [0, 0.05) is 21.2 Å². The van der Waals surface area contributed by atoms with Gasteiger partial charge in [-0.05, 0) is 67.6 Å². The second kappa shape index (κ2) is 10.3. The number of hydrogen-bond acceptors (Lipinski definition) is 4. The molecule has 0 bridgehead atoms. The van der Waals surface area contributed by atoms with Crippen LogP contribution >= 0.6 is 23.4 Å². The number of rotatable bonds is 7. The average Bonchev–Trinajstić information content (AvgIpc) is 2.75. The summed E-state index contributed by atoms with van der Waals surface area (Å²) in [5.41, 5.74) is 1.01. The summed E-state index contributed by atoms with van der Waals surface area (Å²) in [5, 5.41) is 5.79. The first-order valence-corrected chi connectivity index (χ1v) is 10.6. The number of methoxy groups -OCH3 is 1. The number of nitrogens with one attached hydrogen (secondary N) is 2. The van der Waals surface area contributed by atoms with Crippen molar-refractivity contribution in [2.75, 3.05) is 17.7 Å². The number of ether oxygens (including phenoxy) is 1. The molecule has 160 valence electrons. The topological polar surface area (TPSA) is 67.4 Å². The van der Waals surface area contributed by atoms with Crippen molar-refractivity contribution in [3.63, 3.8) is 0 Å². The number of carbonyl (C=O) groups is 2. The highest BCUT2D eigenvalue weighted by Gasteiger charge is 2.16. The molecule has 1 atom stereocenters. The van der Waals surface area contributed by atoms with Gasteiger partial charge in [-0.1, -0.05) is 17.7 Å². The maximum atomic E-state index is 13.4. The summed E-state index contributed by atoms with van der Waals surface area (Å²) in [6, 6.07) is 17.5. The van der Waals surface area contributed by atoms with E-state index in [0.29, 0.717) is 22.1 Å². The predicted octanol–water partition coefficient (Wildman–Crippen LogP) is 5.86. The number of amides is 2. The van der Waals surface area contributed by atoms with Crippen molar-refractivity contribution >= 4 is 46.6 Å². The second-order valence-corrected chi connectivity index (χ2v) is 8.43. The Balaban J connectivity index is 1.71. The zero-order chi connectivity index (χ0) is 22.4. The fourth-order valence-electron chi connectivity index (χ4n) is 2.72. The van der Waals surface area contributed by atoms with Gasteiger partial charge >= 0.3 is 0 Å². The highest BCUT2D eigenvalue weighted by Crippen LogP contribution is 2.30. The highest BCUT2D eigenvalue weighted by molar-refractivity contribution is 8.00. The lowest BCUT2D eigenvalue weighted by Gasteiger charge is -2.15. The van der Waals surface area contributed by atoms with E-state index in [1.165, 1.54) is 37.1 Å². The monoisotopic (exact) mass is 458 g/mol. The van der Waals surface area contributed by atoms with Crippen LogP contribution in [0.1, 0.15) is 17.3 Å². The first kappa shape index (κ1) is 22.7. The summed E-state index contributed by atoms with van der Waals surface area (Å²) in [4.78, 5) is 26.0. The zero-order valence-electron chi connectivity index (χ0n) is 16.8. The van der Waals surface area contributed by atoms with E-state index in [1.54, 1.807) is 37.3 Å². The van der Waals surface area contributed by atoms with E-state index in [1.807, 2.05) is 12.1 Å². The number of thioether (sulfide) groups is 1. The van der Waals surface area contributed by atoms with E-state index < -0.39 is 11.7 Å². The predicted molar refractivity (Wildman–Crippen MR) is 123 cm³/mol. The highest BCUT2D eigenvalue weighted by atomic mass is 35.5. The Kier molecular flexibility index (Phi) is 7.55. The van der Waals surface area contributed by atoms with Crippen molar-refractivity contribution in [1.82, 2.24) is 0 Å². The maximum Gasteiger partial charge on any atom is 0.255 e. The molecule has 2 amide bonds. The van der Waals surface area contributed by atoms with E-state index in [2.05, 4.69) is 10.6 Å². The Morgan fingerprint density at radius 1 is 1.03 bits per heavy atom. The SMILES string of the molecule is COc1ccc(NC(=O)C(C)Sc2ccc(Cl)cc2)cc1NC(=O)c1cccc(F)c1. The molecule has 5 nitrogen and oxygen atoms in total. The van der Waals surface area contributed by atoms with Gasteiger partial charge in [-0.25, -0.2) is 4.39 Å². The third-order valence-corrected chi connectivity index (χ3v) is 5.66. The van der Waals surface area contributed by atoms with Crippen molar-refractivity contribution in [2.45, 2.75) is 17.1 Å². The lowest BCUT2D eigenvalue weighted by atomic mass is 10.2. The molecule has 0 saturated heterocycles. The summed E-state index contributed by atoms with van der Waals surface area (Å²) in [6.45, 7) is 1.80. The lowest BCUT2D eigenvalue weighted by molar-refractivity contribution is -0.115. The van der Waals surface area contributed by atoms with Crippen LogP contribution in [-0.2, 0) is 4.79 Å². The van der Waals surface area contributed by atoms with Crippen LogP contribution in [0.5, 0.6) is 5.75 Å². The van der Waals surface area contributed by atoms with Crippen molar-refractivity contribution in [3.8, 4) is 5.75 Å². The molecule has 1 unspecified atom stereocenters. The molecule has 0 fully saturated rings. The Morgan fingerprint density at radius 2 is 1.77 bits per heavy atom. The average molecular weight is 459 g/mol. The van der Waals surface area contributed by atoms with E-state index in [4.69, 9.17) is 16.3 Å². The van der Waals surface area contributed by atoms with Crippen molar-refractivity contribution < 1.29 is 18.7 Å². The minimum Gasteiger partial charge on any atom is -0.495 e. The summed E-state index contributed by atoms with van der Waals surface area (Å²) < 4.78 is 18.7. The second-order valence-electron chi connectivity index (χ2n) is 6.58. The largest absolute Gasteiger partial charge is 0.495 e. The van der Waals surface area contributed by atoms with Crippen LogP contribution in [0.25, 0.3) is 0 Å². The minimum atomic E-state index is -0.507. The first-order valence-electron chi connectivity index (χ1n) is 9.34. The quantitative estimate of drug-likeness (QED) is 0.435. The van der Waals surface area contributed by atoms with Crippen molar-refractivity contribution in [1.29, 1.82) is 0 Å². The van der Waals surface area contributed by atoms with Crippen LogP contribution in [0.3, 0.4) is 0 Å². The molecule has 0 radical (unpaired) electrons. The summed E-state index contributed by atoms with van der Waals surface area (Å²) in [6.07, 6.45) is 0. The van der Waals surface area contributed by atoms with Gasteiger partial charge in [0.25, 0.3) is 5.91 Å². The molecule has 3 aromatic rings. The molecule has 0 heterocycles. The number of benzene rings is 3. The van der Waals surface area contributed by atoms with Gasteiger partial charge in [-0.15, -0.1) is 11.8 Å². The maximum absolute atomic E-state index is 13.4. The van der Waals surface area contributed by atoms with Gasteiger partial charge in [0.2, 0.25) is 5.91 Å². The molecule has 0 aromatic heterocycles. The smallest absolute Gasteiger partial charge is 0.255 e. The fourth-order valence-corrected chi connectivity index (χ4v) is 3.72. The van der Waals surface area contributed by atoms with Crippen LogP contribution in [0, 0.1) is 5.82 Å². The van der Waals surface area contributed by atoms with Crippen LogP contribution in [0.2, 0.25) is 5.02 Å². The van der Waals surface area contributed by atoms with Gasteiger partial charge in [0.1, 0.15) is 11.6 Å². The molecule has 0 saturated carbocycles. The van der Waals surface area contributed by atoms with Crippen LogP contribution in [0.15, 0.2) is 71.6 Å². The van der Waals surface area contributed by atoms with Crippen molar-refractivity contribution in [3.05, 3.63) is 83.1 Å². The van der Waals surface area contributed by atoms with Crippen LogP contribution in [-0.4, -0.2) is 24.2 Å². The Labute approximate surface area is 188 Å². The van der Waals surface area contributed by atoms with E-state index in [-0.39, 0.29) is 16.7 Å². The molecular formula is C23H20ClFN2O3S. The molecule has 0 aliphatic rings. The van der Waals surface area contributed by atoms with Gasteiger partial charge in [0.15, 0.2) is 0 Å². The number of anilines is 2. The number of hydrogen-bond donors (Lipinski definition) is 2. The van der Waals surface area contributed by atoms with Crippen LogP contribution < -0.4 is 15.4 Å². The molecule has 0 aliphatic heterocycles. The summed E-state index contributed by atoms with van der Waals surface area (Å²) >= 11 is 7.29. The standard InChI is InChI=1S/C23H20ClFN2O3S/c1-14(31-19-9-6-16(24)7-10-19)22(28)26-18-8-11-21(30-2)20(13-18)27-23(29)15-4-3-5-17(25)12-15/h3-14H,1-2H3,(H,26,28)(H,27,29). The van der Waals surface area contributed by atoms with Gasteiger partial charge in [0.05, 0.1) is 18.0 Å². The van der Waals surface area contributed by atoms with E-state index in [9.17, 15) is 14.0 Å². The normalized spacial score (nSPS) is 11.5. The van der Waals surface area contributed by atoms with E-state index >= 15 is 0 Å². The fraction of sp³-hybridized carbons (Fsp3) is 0.130. The Bertz CT molecular complexity index is 1090. The molecule has 2 N–H and O–H groups in total. The molecule has 0 spiro atoms. The lowest BCUT2D eigenvalue weighted by Crippen LogP contribution is -2.22. The van der Waals surface area contributed by atoms with Gasteiger partial charge < -0.3 is 15.4 Å². The third kappa shape index (κ3) is 6.23. The number of carbonyl (C=O) groups excluding carboxylic acids is 2. The molecule has 8 heteroatoms. The van der Waals surface area contributed by atoms with Crippen molar-refractivity contribution in [2.24, 2.45) is 0 Å². The van der Waals surface area contributed by atoms with E-state index in [0.717, 1.165) is 11.0 Å². The molecular weight excluding hydrogens is 439 g/mol. The molecule has 31 heavy (non-hydrogen) atoms. The summed E-state index contributed by atoms with van der Waals surface area (Å²) in [7, 11) is 1.47. The Morgan fingerprint density at radius 3 is 2.45 bits per heavy atom.